The van der Waals surface area contributed by atoms with Gasteiger partial charge in [-0.3, -0.25) is 9.59 Å². The summed E-state index contributed by atoms with van der Waals surface area (Å²) in [5.74, 6) is 2.48. The van der Waals surface area contributed by atoms with Crippen LogP contribution in [0.1, 0.15) is 68.3 Å². The van der Waals surface area contributed by atoms with Crippen molar-refractivity contribution in [3.8, 4) is 0 Å². The topological polar surface area (TPSA) is 58.2 Å². The Kier molecular flexibility index (Phi) is 5.24. The summed E-state index contributed by atoms with van der Waals surface area (Å²) in [6, 6.07) is 7.02. The standard InChI is InChI=1S/C24H34N2O2/c1-15(2)21(26-22(27)20-7-5-4-6-16(20)3)23(28)25-14-24-11-17-8-18(12-24)10-19(9-17)13-24/h4-7,15,17-19,21H,8-14H2,1-3H3,(H,25,28)(H,26,27). The van der Waals surface area contributed by atoms with Crippen molar-refractivity contribution in [2.45, 2.75) is 65.3 Å². The van der Waals surface area contributed by atoms with E-state index in [2.05, 4.69) is 10.6 Å². The van der Waals surface area contributed by atoms with E-state index < -0.39 is 6.04 Å². The lowest BCUT2D eigenvalue weighted by molar-refractivity contribution is -0.126. The summed E-state index contributed by atoms with van der Waals surface area (Å²) in [6.07, 6.45) is 8.07. The Hall–Kier alpha value is -1.84. The predicted molar refractivity (Wildman–Crippen MR) is 111 cm³/mol. The second-order valence-corrected chi connectivity index (χ2v) is 10.1. The maximum Gasteiger partial charge on any atom is 0.252 e. The molecule has 0 spiro atoms. The van der Waals surface area contributed by atoms with E-state index in [4.69, 9.17) is 0 Å². The van der Waals surface area contributed by atoms with Gasteiger partial charge in [-0.2, -0.15) is 0 Å². The van der Waals surface area contributed by atoms with Crippen molar-refractivity contribution in [1.29, 1.82) is 0 Å². The van der Waals surface area contributed by atoms with Crippen LogP contribution in [0.4, 0.5) is 0 Å². The van der Waals surface area contributed by atoms with E-state index >= 15 is 0 Å². The molecule has 4 bridgehead atoms. The molecule has 1 atom stereocenters. The van der Waals surface area contributed by atoms with Gasteiger partial charge < -0.3 is 10.6 Å². The van der Waals surface area contributed by atoms with Gasteiger partial charge in [-0.05, 0) is 86.2 Å². The molecule has 2 N–H and O–H groups in total. The SMILES string of the molecule is Cc1ccccc1C(=O)NC(C(=O)NCC12CC3CC(CC(C3)C1)C2)C(C)C. The highest BCUT2D eigenvalue weighted by Gasteiger charge is 2.50. The van der Waals surface area contributed by atoms with Crippen LogP contribution in [0.15, 0.2) is 24.3 Å². The van der Waals surface area contributed by atoms with Crippen LogP contribution in [0, 0.1) is 36.0 Å². The van der Waals surface area contributed by atoms with Crippen LogP contribution in [-0.4, -0.2) is 24.4 Å². The van der Waals surface area contributed by atoms with Gasteiger partial charge in [-0.1, -0.05) is 32.0 Å². The van der Waals surface area contributed by atoms with E-state index in [1.165, 1.54) is 38.5 Å². The minimum atomic E-state index is -0.499. The van der Waals surface area contributed by atoms with Crippen LogP contribution < -0.4 is 10.6 Å². The van der Waals surface area contributed by atoms with Gasteiger partial charge in [0.05, 0.1) is 0 Å². The van der Waals surface area contributed by atoms with Gasteiger partial charge in [0.15, 0.2) is 0 Å². The lowest BCUT2D eigenvalue weighted by atomic mass is 9.49. The van der Waals surface area contributed by atoms with E-state index in [1.54, 1.807) is 0 Å². The number of nitrogens with one attached hydrogen (secondary N) is 2. The fourth-order valence-corrected chi connectivity index (χ4v) is 6.47. The van der Waals surface area contributed by atoms with Crippen LogP contribution in [-0.2, 0) is 4.79 Å². The Morgan fingerprint density at radius 2 is 1.61 bits per heavy atom. The molecule has 0 aromatic heterocycles. The first-order chi connectivity index (χ1) is 13.3. The summed E-state index contributed by atoms with van der Waals surface area (Å²) in [4.78, 5) is 25.7. The van der Waals surface area contributed by atoms with Crippen LogP contribution in [0.5, 0.6) is 0 Å². The average Bonchev–Trinajstić information content (AvgIpc) is 2.63. The Morgan fingerprint density at radius 1 is 1.04 bits per heavy atom. The first-order valence-corrected chi connectivity index (χ1v) is 11.0. The molecule has 0 aliphatic heterocycles. The van der Waals surface area contributed by atoms with Crippen LogP contribution in [0.25, 0.3) is 0 Å². The molecular formula is C24H34N2O2. The lowest BCUT2D eigenvalue weighted by Crippen LogP contribution is -2.55. The zero-order valence-electron chi connectivity index (χ0n) is 17.5. The fourth-order valence-electron chi connectivity index (χ4n) is 6.47. The molecule has 0 heterocycles. The number of carbonyl (C=O) groups is 2. The molecule has 28 heavy (non-hydrogen) atoms. The molecule has 0 saturated heterocycles. The molecule has 4 heteroatoms. The molecule has 4 aliphatic carbocycles. The second-order valence-electron chi connectivity index (χ2n) is 10.1. The molecule has 4 nitrogen and oxygen atoms in total. The van der Waals surface area contributed by atoms with Crippen molar-refractivity contribution in [3.05, 3.63) is 35.4 Å². The maximum atomic E-state index is 13.0. The molecule has 4 saturated carbocycles. The smallest absolute Gasteiger partial charge is 0.252 e. The maximum absolute atomic E-state index is 13.0. The van der Waals surface area contributed by atoms with Gasteiger partial charge in [-0.15, -0.1) is 0 Å². The zero-order valence-corrected chi connectivity index (χ0v) is 17.5. The zero-order chi connectivity index (χ0) is 19.9. The Bertz CT molecular complexity index is 719. The van der Waals surface area contributed by atoms with E-state index in [0.717, 1.165) is 29.9 Å². The summed E-state index contributed by atoms with van der Waals surface area (Å²) < 4.78 is 0. The van der Waals surface area contributed by atoms with E-state index in [9.17, 15) is 9.59 Å². The van der Waals surface area contributed by atoms with Crippen molar-refractivity contribution in [2.75, 3.05) is 6.54 Å². The quantitative estimate of drug-likeness (QED) is 0.779. The van der Waals surface area contributed by atoms with Crippen molar-refractivity contribution in [1.82, 2.24) is 10.6 Å². The highest BCUT2D eigenvalue weighted by Crippen LogP contribution is 2.59. The number of hydrogen-bond donors (Lipinski definition) is 2. The average molecular weight is 383 g/mol. The summed E-state index contributed by atoms with van der Waals surface area (Å²) in [7, 11) is 0. The van der Waals surface area contributed by atoms with Gasteiger partial charge >= 0.3 is 0 Å². The van der Waals surface area contributed by atoms with Gasteiger partial charge in [0.1, 0.15) is 6.04 Å². The number of hydrogen-bond acceptors (Lipinski definition) is 2. The van der Waals surface area contributed by atoms with Gasteiger partial charge in [0, 0.05) is 12.1 Å². The summed E-state index contributed by atoms with van der Waals surface area (Å²) >= 11 is 0. The van der Waals surface area contributed by atoms with Gasteiger partial charge in [0.25, 0.3) is 5.91 Å². The minimum absolute atomic E-state index is 0.0346. The normalized spacial score (nSPS) is 31.6. The highest BCUT2D eigenvalue weighted by molar-refractivity contribution is 5.98. The molecular weight excluding hydrogens is 348 g/mol. The third kappa shape index (κ3) is 3.83. The molecule has 1 aromatic carbocycles. The van der Waals surface area contributed by atoms with Crippen molar-refractivity contribution in [2.24, 2.45) is 29.1 Å². The van der Waals surface area contributed by atoms with Crippen LogP contribution in [0.2, 0.25) is 0 Å². The molecule has 4 aliphatic rings. The molecule has 2 amide bonds. The molecule has 5 rings (SSSR count). The number of aryl methyl sites for hydroxylation is 1. The summed E-state index contributed by atoms with van der Waals surface area (Å²) in [5, 5.41) is 6.22. The molecule has 152 valence electrons. The highest BCUT2D eigenvalue weighted by atomic mass is 16.2. The third-order valence-corrected chi connectivity index (χ3v) is 7.43. The predicted octanol–water partition coefficient (Wildman–Crippen LogP) is 4.08. The van der Waals surface area contributed by atoms with Crippen molar-refractivity contribution >= 4 is 11.8 Å². The monoisotopic (exact) mass is 382 g/mol. The Labute approximate surface area is 168 Å². The van der Waals surface area contributed by atoms with Crippen molar-refractivity contribution < 1.29 is 9.59 Å². The summed E-state index contributed by atoms with van der Waals surface area (Å²) in [5.41, 5.74) is 1.88. The molecule has 1 aromatic rings. The van der Waals surface area contributed by atoms with Gasteiger partial charge in [0.2, 0.25) is 5.91 Å². The third-order valence-electron chi connectivity index (χ3n) is 7.43. The first kappa shape index (κ1) is 19.5. The number of amides is 2. The van der Waals surface area contributed by atoms with Crippen LogP contribution in [0.3, 0.4) is 0 Å². The van der Waals surface area contributed by atoms with Crippen LogP contribution >= 0.6 is 0 Å². The van der Waals surface area contributed by atoms with Gasteiger partial charge in [-0.25, -0.2) is 0 Å². The molecule has 0 radical (unpaired) electrons. The number of rotatable bonds is 6. The van der Waals surface area contributed by atoms with Crippen molar-refractivity contribution in [3.63, 3.8) is 0 Å². The number of carbonyl (C=O) groups excluding carboxylic acids is 2. The lowest BCUT2D eigenvalue weighted by Gasteiger charge is -2.57. The van der Waals surface area contributed by atoms with E-state index in [0.29, 0.717) is 11.0 Å². The Balaban J connectivity index is 1.39. The fraction of sp³-hybridized carbons (Fsp3) is 0.667. The molecule has 1 unspecified atom stereocenters. The summed E-state index contributed by atoms with van der Waals surface area (Å²) in [6.45, 7) is 6.69. The van der Waals surface area contributed by atoms with E-state index in [1.807, 2.05) is 45.0 Å². The first-order valence-electron chi connectivity index (χ1n) is 11.0. The molecule has 4 fully saturated rings. The minimum Gasteiger partial charge on any atom is -0.354 e. The second kappa shape index (κ2) is 7.53. The Morgan fingerprint density at radius 3 is 2.14 bits per heavy atom. The largest absolute Gasteiger partial charge is 0.354 e. The van der Waals surface area contributed by atoms with E-state index in [-0.39, 0.29) is 17.7 Å². The number of benzene rings is 1.